The zero-order valence-corrected chi connectivity index (χ0v) is 42.8. The average Bonchev–Trinajstić information content (AvgIpc) is 3.52. The van der Waals surface area contributed by atoms with Crippen LogP contribution < -0.4 is 4.89 Å². The number of nitrogens with zero attached hydrogens (tertiary/aromatic N) is 1. The largest absolute Gasteiger partial charge is 0.756 e. The highest BCUT2D eigenvalue weighted by atomic mass is 31.2. The molecular weight excluding hydrogens is 846 g/mol. The highest BCUT2D eigenvalue weighted by molar-refractivity contribution is 7.45. The predicted molar refractivity (Wildman–Crippen MR) is 260 cm³/mol. The van der Waals surface area contributed by atoms with E-state index in [1.54, 1.807) is 0 Å². The van der Waals surface area contributed by atoms with Crippen molar-refractivity contribution in [1.29, 1.82) is 0 Å². The van der Waals surface area contributed by atoms with Gasteiger partial charge in [0.2, 0.25) is 0 Å². The second-order valence-corrected chi connectivity index (χ2v) is 20.1. The second kappa shape index (κ2) is 37.4. The number of aliphatic hydroxyl groups excluding tert-OH is 2. The van der Waals surface area contributed by atoms with E-state index < -0.39 is 51.3 Å². The van der Waals surface area contributed by atoms with Crippen LogP contribution in [0.3, 0.4) is 0 Å². The molecule has 12 nitrogen and oxygen atoms in total. The van der Waals surface area contributed by atoms with Gasteiger partial charge in [-0.25, -0.2) is 0 Å². The van der Waals surface area contributed by atoms with Gasteiger partial charge < -0.3 is 42.5 Å². The number of ether oxygens (including phenoxy) is 2. The molecule has 13 heteroatoms. The van der Waals surface area contributed by atoms with Gasteiger partial charge in [-0.2, -0.15) is 0 Å². The third-order valence-electron chi connectivity index (χ3n) is 11.6. The number of carbonyl (C=O) groups excluding carboxylic acids is 2. The van der Waals surface area contributed by atoms with Crippen LogP contribution in [0.1, 0.15) is 191 Å². The fourth-order valence-corrected chi connectivity index (χ4v) is 7.90. The van der Waals surface area contributed by atoms with Crippen molar-refractivity contribution in [2.75, 3.05) is 47.5 Å². The summed E-state index contributed by atoms with van der Waals surface area (Å²) < 4.78 is 40.1. The minimum absolute atomic E-state index is 0.0432. The molecule has 0 saturated heterocycles. The lowest BCUT2D eigenvalue weighted by Crippen LogP contribution is -2.37. The van der Waals surface area contributed by atoms with Gasteiger partial charge in [0.25, 0.3) is 7.82 Å². The molecule has 0 spiro atoms. The van der Waals surface area contributed by atoms with E-state index in [4.69, 9.17) is 22.9 Å². The fourth-order valence-electron chi connectivity index (χ4n) is 7.17. The van der Waals surface area contributed by atoms with Crippen LogP contribution in [-0.2, 0) is 45.5 Å². The molecule has 1 aromatic rings. The fraction of sp³-hybridized carbons (Fsp3) is 0.769. The summed E-state index contributed by atoms with van der Waals surface area (Å²) in [7, 11) is 0.995. The zero-order chi connectivity index (χ0) is 48.2. The molecule has 65 heavy (non-hydrogen) atoms. The molecule has 0 aliphatic carbocycles. The molecule has 0 bridgehead atoms. The Hall–Kier alpha value is -2.57. The summed E-state index contributed by atoms with van der Waals surface area (Å²) in [6.07, 6.45) is 33.0. The first-order valence-electron chi connectivity index (χ1n) is 25.2. The molecule has 0 fully saturated rings. The molecule has 0 radical (unpaired) electrons. The van der Waals surface area contributed by atoms with Crippen LogP contribution in [0.4, 0.5) is 0 Å². The summed E-state index contributed by atoms with van der Waals surface area (Å²) in [5.74, 6) is 1.21. The van der Waals surface area contributed by atoms with Gasteiger partial charge in [-0.1, -0.05) is 127 Å². The maximum absolute atomic E-state index is 12.8. The quantitative estimate of drug-likeness (QED) is 0.0211. The number of allylic oxidation sites excluding steroid dienone is 5. The van der Waals surface area contributed by atoms with E-state index in [1.807, 2.05) is 33.3 Å². The van der Waals surface area contributed by atoms with Crippen molar-refractivity contribution < 1.29 is 56.7 Å². The number of quaternary nitrogens is 1. The highest BCUT2D eigenvalue weighted by Gasteiger charge is 2.22. The Morgan fingerprint density at radius 1 is 0.662 bits per heavy atom. The molecule has 376 valence electrons. The van der Waals surface area contributed by atoms with E-state index in [0.717, 1.165) is 64.2 Å². The monoisotopic (exact) mass is 938 g/mol. The number of aryl methyl sites for hydroxylation is 2. The van der Waals surface area contributed by atoms with Gasteiger partial charge in [0, 0.05) is 25.7 Å². The number of phosphoric ester groups is 1. The van der Waals surface area contributed by atoms with E-state index in [-0.39, 0.29) is 32.3 Å². The molecule has 0 saturated carbocycles. The molecule has 0 aromatic carbocycles. The Labute approximate surface area is 394 Å². The number of phosphoric acid groups is 1. The van der Waals surface area contributed by atoms with E-state index >= 15 is 0 Å². The number of unbranched alkanes of at least 4 members (excludes halogenated alkanes) is 14. The SMILES string of the molecule is CCCCC/C=C\C/C=C\C/C=C\CC(O)C(O)CCCC(=O)OC[C@H](COP(=O)([O-])OCC[N+](C)(C)C)OC(=O)CCCCCCCCCCCCc1oc(CCCCC)c(C)c1C. The van der Waals surface area contributed by atoms with Gasteiger partial charge in [0.15, 0.2) is 6.10 Å². The Morgan fingerprint density at radius 2 is 1.18 bits per heavy atom. The number of rotatable bonds is 42. The van der Waals surface area contributed by atoms with Crippen LogP contribution in [0.2, 0.25) is 0 Å². The Kier molecular flexibility index (Phi) is 34.8. The minimum atomic E-state index is -4.71. The van der Waals surface area contributed by atoms with Crippen LogP contribution in [0.25, 0.3) is 0 Å². The number of carbonyl (C=O) groups is 2. The molecule has 0 aliphatic rings. The van der Waals surface area contributed by atoms with E-state index in [1.165, 1.54) is 86.9 Å². The second-order valence-electron chi connectivity index (χ2n) is 18.7. The zero-order valence-electron chi connectivity index (χ0n) is 41.9. The Bertz CT molecular complexity index is 1510. The van der Waals surface area contributed by atoms with E-state index in [2.05, 4.69) is 52.0 Å². The van der Waals surface area contributed by atoms with E-state index in [9.17, 15) is 29.3 Å². The summed E-state index contributed by atoms with van der Waals surface area (Å²) in [5.41, 5.74) is 2.66. The van der Waals surface area contributed by atoms with Gasteiger partial charge in [0.1, 0.15) is 31.3 Å². The van der Waals surface area contributed by atoms with Gasteiger partial charge in [-0.3, -0.25) is 14.2 Å². The van der Waals surface area contributed by atoms with Gasteiger partial charge in [0.05, 0.1) is 40.0 Å². The van der Waals surface area contributed by atoms with Gasteiger partial charge in [-0.05, 0) is 89.2 Å². The van der Waals surface area contributed by atoms with Gasteiger partial charge >= 0.3 is 11.9 Å². The van der Waals surface area contributed by atoms with Crippen molar-refractivity contribution in [3.05, 3.63) is 59.1 Å². The molecule has 2 N–H and O–H groups in total. The lowest BCUT2D eigenvalue weighted by molar-refractivity contribution is -0.870. The van der Waals surface area contributed by atoms with Crippen LogP contribution in [0, 0.1) is 13.8 Å². The standard InChI is InChI=1S/C52H92NO11P/c1-8-10-12-13-14-15-16-17-20-23-26-30-34-47(54)48(55)35-33-39-51(56)60-42-46(43-62-65(58,59)61-41-40-53(5,6)7)63-52(57)38-32-28-25-22-19-18-21-24-27-31-37-50-45(4)44(3)49(64-50)36-29-11-9-2/h14-15,17,20,26,30,46-48,54-55H,8-13,16,18-19,21-25,27-29,31-43H2,1-7H3/b15-14-,20-17-,30-26-/t46-,47?,48?/m1/s1. The summed E-state index contributed by atoms with van der Waals surface area (Å²) >= 11 is 0. The lowest BCUT2D eigenvalue weighted by atomic mass is 10.0. The van der Waals surface area contributed by atoms with Crippen LogP contribution in [-0.4, -0.2) is 92.5 Å². The summed E-state index contributed by atoms with van der Waals surface area (Å²) in [5, 5.41) is 20.8. The number of esters is 2. The number of furan rings is 1. The topological polar surface area (TPSA) is 165 Å². The molecule has 1 aromatic heterocycles. The number of hydrogen-bond donors (Lipinski definition) is 2. The summed E-state index contributed by atoms with van der Waals surface area (Å²) in [6.45, 7) is 8.20. The molecule has 3 unspecified atom stereocenters. The molecule has 0 aliphatic heterocycles. The first-order chi connectivity index (χ1) is 31.1. The number of hydrogen-bond acceptors (Lipinski definition) is 11. The van der Waals surface area contributed by atoms with Crippen molar-refractivity contribution in [3.8, 4) is 0 Å². The third kappa shape index (κ3) is 33.5. The van der Waals surface area contributed by atoms with Crippen LogP contribution in [0.5, 0.6) is 0 Å². The van der Waals surface area contributed by atoms with Crippen molar-refractivity contribution in [2.24, 2.45) is 0 Å². The summed E-state index contributed by atoms with van der Waals surface area (Å²) in [4.78, 5) is 37.8. The maximum atomic E-state index is 12.8. The first-order valence-corrected chi connectivity index (χ1v) is 26.7. The van der Waals surface area contributed by atoms with Crippen molar-refractivity contribution in [1.82, 2.24) is 0 Å². The highest BCUT2D eigenvalue weighted by Crippen LogP contribution is 2.38. The lowest BCUT2D eigenvalue weighted by Gasteiger charge is -2.28. The van der Waals surface area contributed by atoms with Crippen molar-refractivity contribution >= 4 is 19.8 Å². The van der Waals surface area contributed by atoms with Crippen LogP contribution in [0.15, 0.2) is 40.9 Å². The Balaban J connectivity index is 2.39. The smallest absolute Gasteiger partial charge is 0.306 e. The van der Waals surface area contributed by atoms with Crippen molar-refractivity contribution in [2.45, 2.75) is 213 Å². The molecule has 0 amide bonds. The van der Waals surface area contributed by atoms with E-state index in [0.29, 0.717) is 23.9 Å². The normalized spacial score (nSPS) is 14.7. The molecule has 1 rings (SSSR count). The Morgan fingerprint density at radius 3 is 1.78 bits per heavy atom. The molecule has 4 atom stereocenters. The first kappa shape index (κ1) is 60.4. The number of likely N-dealkylation sites (N-methyl/N-ethyl adjacent to an activating group) is 1. The third-order valence-corrected chi connectivity index (χ3v) is 12.5. The van der Waals surface area contributed by atoms with Gasteiger partial charge in [-0.15, -0.1) is 0 Å². The predicted octanol–water partition coefficient (Wildman–Crippen LogP) is 11.4. The molecule has 1 heterocycles. The maximum Gasteiger partial charge on any atom is 0.306 e. The molecular formula is C52H92NO11P. The minimum Gasteiger partial charge on any atom is -0.756 e. The average molecular weight is 938 g/mol. The number of aliphatic hydroxyl groups is 2. The van der Waals surface area contributed by atoms with Crippen molar-refractivity contribution in [3.63, 3.8) is 0 Å². The van der Waals surface area contributed by atoms with Crippen LogP contribution >= 0.6 is 7.82 Å². The summed E-state index contributed by atoms with van der Waals surface area (Å²) in [6, 6.07) is 0.